The molecule has 0 bridgehead atoms. The number of methoxy groups -OCH3 is 1. The molecular formula is C5H8N2O2. The molecule has 0 saturated heterocycles. The first kappa shape index (κ1) is 5.94. The van der Waals surface area contributed by atoms with Crippen LogP contribution >= 0.6 is 0 Å². The summed E-state index contributed by atoms with van der Waals surface area (Å²) in [5, 5.41) is 3.51. The van der Waals surface area contributed by atoms with E-state index in [2.05, 4.69) is 9.68 Å². The van der Waals surface area contributed by atoms with E-state index in [1.54, 1.807) is 6.92 Å². The maximum atomic E-state index is 5.43. The van der Waals surface area contributed by atoms with Crippen LogP contribution in [0.25, 0.3) is 0 Å². The average Bonchev–Trinajstić information content (AvgIpc) is 2.15. The summed E-state index contributed by atoms with van der Waals surface area (Å²) in [4.78, 5) is 0. The van der Waals surface area contributed by atoms with E-state index in [0.29, 0.717) is 17.3 Å². The van der Waals surface area contributed by atoms with Gasteiger partial charge in [-0.2, -0.15) is 0 Å². The van der Waals surface area contributed by atoms with Crippen molar-refractivity contribution >= 4 is 5.69 Å². The fourth-order valence-electron chi connectivity index (χ4n) is 0.506. The molecular weight excluding hydrogens is 120 g/mol. The highest BCUT2D eigenvalue weighted by Crippen LogP contribution is 2.21. The summed E-state index contributed by atoms with van der Waals surface area (Å²) < 4.78 is 9.42. The number of hydrogen-bond donors (Lipinski definition) is 1. The topological polar surface area (TPSA) is 61.3 Å². The molecule has 0 spiro atoms. The van der Waals surface area contributed by atoms with Crippen molar-refractivity contribution in [1.29, 1.82) is 0 Å². The van der Waals surface area contributed by atoms with Gasteiger partial charge in [0.15, 0.2) is 5.76 Å². The largest absolute Gasteiger partial charge is 0.477 e. The van der Waals surface area contributed by atoms with Crippen LogP contribution in [-0.4, -0.2) is 12.3 Å². The molecule has 4 heteroatoms. The Bertz CT molecular complexity index is 207. The molecule has 0 atom stereocenters. The second-order valence-corrected chi connectivity index (χ2v) is 1.66. The van der Waals surface area contributed by atoms with Gasteiger partial charge in [-0.1, -0.05) is 0 Å². The van der Waals surface area contributed by atoms with Gasteiger partial charge in [-0.05, 0) is 12.1 Å². The minimum absolute atomic E-state index is 0.354. The molecule has 1 aromatic heterocycles. The van der Waals surface area contributed by atoms with Gasteiger partial charge >= 0.3 is 0 Å². The molecule has 0 aromatic carbocycles. The molecule has 0 fully saturated rings. The van der Waals surface area contributed by atoms with Crippen molar-refractivity contribution < 1.29 is 9.26 Å². The van der Waals surface area contributed by atoms with E-state index in [4.69, 9.17) is 10.5 Å². The van der Waals surface area contributed by atoms with Gasteiger partial charge in [0.1, 0.15) is 5.69 Å². The second-order valence-electron chi connectivity index (χ2n) is 1.66. The minimum Gasteiger partial charge on any atom is -0.477 e. The van der Waals surface area contributed by atoms with Crippen molar-refractivity contribution in [3.63, 3.8) is 0 Å². The zero-order valence-corrected chi connectivity index (χ0v) is 5.34. The first-order valence-corrected chi connectivity index (χ1v) is 2.51. The monoisotopic (exact) mass is 128 g/mol. The van der Waals surface area contributed by atoms with E-state index in [0.717, 1.165) is 0 Å². The van der Waals surface area contributed by atoms with Crippen LogP contribution in [0.4, 0.5) is 5.69 Å². The molecule has 50 valence electrons. The number of aryl methyl sites for hydroxylation is 1. The van der Waals surface area contributed by atoms with E-state index in [-0.39, 0.29) is 0 Å². The van der Waals surface area contributed by atoms with Crippen LogP contribution in [0.1, 0.15) is 5.76 Å². The zero-order valence-electron chi connectivity index (χ0n) is 5.34. The molecule has 4 nitrogen and oxygen atoms in total. The summed E-state index contributed by atoms with van der Waals surface area (Å²) in [5.41, 5.74) is 5.90. The SMILES string of the molecule is COc1noc(C)c1N. The highest BCUT2D eigenvalue weighted by Gasteiger charge is 2.06. The van der Waals surface area contributed by atoms with Crippen molar-refractivity contribution in [1.82, 2.24) is 5.16 Å². The smallest absolute Gasteiger partial charge is 0.277 e. The number of rotatable bonds is 1. The molecule has 0 aliphatic heterocycles. The van der Waals surface area contributed by atoms with Gasteiger partial charge in [0.05, 0.1) is 7.11 Å². The van der Waals surface area contributed by atoms with Gasteiger partial charge in [-0.3, -0.25) is 0 Å². The molecule has 0 amide bonds. The third kappa shape index (κ3) is 0.826. The lowest BCUT2D eigenvalue weighted by Crippen LogP contribution is -1.89. The Morgan fingerprint density at radius 1 is 1.67 bits per heavy atom. The Labute approximate surface area is 52.6 Å². The summed E-state index contributed by atoms with van der Waals surface area (Å²) in [6.45, 7) is 1.73. The Morgan fingerprint density at radius 2 is 2.33 bits per heavy atom. The van der Waals surface area contributed by atoms with Crippen LogP contribution in [-0.2, 0) is 0 Å². The molecule has 9 heavy (non-hydrogen) atoms. The Hall–Kier alpha value is -1.19. The first-order valence-electron chi connectivity index (χ1n) is 2.51. The summed E-state index contributed by atoms with van der Waals surface area (Å²) in [6, 6.07) is 0. The van der Waals surface area contributed by atoms with E-state index in [1.165, 1.54) is 7.11 Å². The van der Waals surface area contributed by atoms with Crippen LogP contribution in [0, 0.1) is 6.92 Å². The predicted molar refractivity (Wildman–Crippen MR) is 32.2 cm³/mol. The maximum Gasteiger partial charge on any atom is 0.277 e. The molecule has 0 aliphatic rings. The number of ether oxygens (including phenoxy) is 1. The van der Waals surface area contributed by atoms with Crippen LogP contribution in [0.2, 0.25) is 0 Å². The minimum atomic E-state index is 0.354. The van der Waals surface area contributed by atoms with Gasteiger partial charge in [0, 0.05) is 0 Å². The fourth-order valence-corrected chi connectivity index (χ4v) is 0.506. The quantitative estimate of drug-likeness (QED) is 0.600. The lowest BCUT2D eigenvalue weighted by atomic mass is 10.4. The fraction of sp³-hybridized carbons (Fsp3) is 0.400. The number of nitrogen functional groups attached to an aromatic ring is 1. The van der Waals surface area contributed by atoms with Gasteiger partial charge < -0.3 is 15.0 Å². The van der Waals surface area contributed by atoms with E-state index in [1.807, 2.05) is 0 Å². The van der Waals surface area contributed by atoms with E-state index < -0.39 is 0 Å². The zero-order chi connectivity index (χ0) is 6.85. The standard InChI is InChI=1S/C5H8N2O2/c1-3-4(6)5(8-2)7-9-3/h6H2,1-2H3. The van der Waals surface area contributed by atoms with Gasteiger partial charge in [-0.25, -0.2) is 0 Å². The van der Waals surface area contributed by atoms with Crippen LogP contribution in [0.5, 0.6) is 5.88 Å². The Kier molecular flexibility index (Phi) is 1.30. The molecule has 0 aliphatic carbocycles. The molecule has 0 radical (unpaired) electrons. The van der Waals surface area contributed by atoms with Gasteiger partial charge in [0.25, 0.3) is 5.88 Å². The van der Waals surface area contributed by atoms with E-state index in [9.17, 15) is 0 Å². The number of aromatic nitrogens is 1. The first-order chi connectivity index (χ1) is 4.25. The van der Waals surface area contributed by atoms with Crippen molar-refractivity contribution in [2.24, 2.45) is 0 Å². The molecule has 1 aromatic rings. The lowest BCUT2D eigenvalue weighted by molar-refractivity contribution is 0.331. The maximum absolute atomic E-state index is 5.43. The van der Waals surface area contributed by atoms with Gasteiger partial charge in [-0.15, -0.1) is 0 Å². The van der Waals surface area contributed by atoms with Crippen LogP contribution in [0.15, 0.2) is 4.52 Å². The van der Waals surface area contributed by atoms with Crippen LogP contribution < -0.4 is 10.5 Å². The molecule has 1 heterocycles. The molecule has 0 saturated carbocycles. The van der Waals surface area contributed by atoms with Crippen molar-refractivity contribution in [3.05, 3.63) is 5.76 Å². The highest BCUT2D eigenvalue weighted by molar-refractivity contribution is 5.49. The highest BCUT2D eigenvalue weighted by atomic mass is 16.5. The number of anilines is 1. The third-order valence-corrected chi connectivity index (χ3v) is 1.07. The molecule has 0 unspecified atom stereocenters. The number of nitrogens with zero attached hydrogens (tertiary/aromatic N) is 1. The average molecular weight is 128 g/mol. The number of hydrogen-bond acceptors (Lipinski definition) is 4. The Balaban J connectivity index is 3.04. The number of nitrogens with two attached hydrogens (primary N) is 1. The van der Waals surface area contributed by atoms with Crippen molar-refractivity contribution in [2.75, 3.05) is 12.8 Å². The summed E-state index contributed by atoms with van der Waals surface area (Å²) >= 11 is 0. The normalized spacial score (nSPS) is 9.56. The third-order valence-electron chi connectivity index (χ3n) is 1.07. The molecule has 2 N–H and O–H groups in total. The van der Waals surface area contributed by atoms with E-state index >= 15 is 0 Å². The molecule has 1 rings (SSSR count). The second kappa shape index (κ2) is 1.97. The Morgan fingerprint density at radius 3 is 2.56 bits per heavy atom. The summed E-state index contributed by atoms with van der Waals surface area (Å²) in [5.74, 6) is 0.944. The summed E-state index contributed by atoms with van der Waals surface area (Å²) in [7, 11) is 1.49. The lowest BCUT2D eigenvalue weighted by Gasteiger charge is -1.89. The van der Waals surface area contributed by atoms with Crippen molar-refractivity contribution in [2.45, 2.75) is 6.92 Å². The predicted octanol–water partition coefficient (Wildman–Crippen LogP) is 0.574. The van der Waals surface area contributed by atoms with Crippen molar-refractivity contribution in [3.8, 4) is 5.88 Å². The summed E-state index contributed by atoms with van der Waals surface area (Å²) in [6.07, 6.45) is 0. The van der Waals surface area contributed by atoms with Crippen LogP contribution in [0.3, 0.4) is 0 Å². The van der Waals surface area contributed by atoms with Gasteiger partial charge in [0.2, 0.25) is 0 Å².